The zero-order valence-electron chi connectivity index (χ0n) is 10.7. The average Bonchev–Trinajstić information content (AvgIpc) is 2.35. The van der Waals surface area contributed by atoms with Gasteiger partial charge in [-0.25, -0.2) is 0 Å². The van der Waals surface area contributed by atoms with Crippen LogP contribution in [0, 0.1) is 0 Å². The van der Waals surface area contributed by atoms with Crippen molar-refractivity contribution in [3.05, 3.63) is 17.7 Å². The van der Waals surface area contributed by atoms with E-state index in [1.54, 1.807) is 6.07 Å². The van der Waals surface area contributed by atoms with Gasteiger partial charge in [0.15, 0.2) is 0 Å². The lowest BCUT2D eigenvalue weighted by molar-refractivity contribution is 0.138. The number of aliphatic hydroxyl groups is 1. The number of ether oxygens (including phenoxy) is 2. The van der Waals surface area contributed by atoms with Crippen LogP contribution in [0.4, 0.5) is 0 Å². The minimum absolute atomic E-state index is 0. The number of hydrogen-bond acceptors (Lipinski definition) is 5. The van der Waals surface area contributed by atoms with E-state index in [4.69, 9.17) is 15.2 Å². The number of aliphatic hydroxyl groups excluding tert-OH is 1. The van der Waals surface area contributed by atoms with E-state index in [1.165, 1.54) is 20.3 Å². The van der Waals surface area contributed by atoms with E-state index >= 15 is 0 Å². The summed E-state index contributed by atoms with van der Waals surface area (Å²) in [5.41, 5.74) is 6.28. The fraction of sp³-hybridized carbons (Fsp3) is 0.500. The Morgan fingerprint density at radius 1 is 1.28 bits per heavy atom. The van der Waals surface area contributed by atoms with Crippen LogP contribution in [0.5, 0.6) is 17.2 Å². The van der Waals surface area contributed by atoms with Crippen LogP contribution in [-0.2, 0) is 0 Å². The molecule has 2 atom stereocenters. The van der Waals surface area contributed by atoms with Gasteiger partial charge in [-0.3, -0.25) is 0 Å². The Balaban J connectivity index is 0.00000289. The zero-order valence-corrected chi connectivity index (χ0v) is 11.5. The standard InChI is InChI=1S/C12H19NO4.ClH/c1-4-8(14)12(13)11-9(15)5-7(16-2)6-10(11)17-3;/h5-6,8,12,14-15H,4,13H2,1-3H3;1H/t8-,12-;/m1./s1. The Labute approximate surface area is 113 Å². The molecule has 5 nitrogen and oxygen atoms in total. The molecule has 6 heteroatoms. The Morgan fingerprint density at radius 3 is 2.33 bits per heavy atom. The Kier molecular flexibility index (Phi) is 6.83. The molecule has 0 fully saturated rings. The van der Waals surface area contributed by atoms with Gasteiger partial charge in [0.1, 0.15) is 17.2 Å². The molecule has 104 valence electrons. The molecule has 0 aromatic heterocycles. The molecule has 0 saturated heterocycles. The SMILES string of the molecule is CC[C@@H](O)[C@@H](N)c1c(O)cc(OC)cc1OC.Cl. The highest BCUT2D eigenvalue weighted by atomic mass is 35.5. The second-order valence-electron chi connectivity index (χ2n) is 3.76. The summed E-state index contributed by atoms with van der Waals surface area (Å²) in [5, 5.41) is 19.6. The van der Waals surface area contributed by atoms with Crippen LogP contribution in [0.1, 0.15) is 24.9 Å². The third-order valence-corrected chi connectivity index (χ3v) is 2.72. The quantitative estimate of drug-likeness (QED) is 0.761. The Bertz CT molecular complexity index is 387. The predicted molar refractivity (Wildman–Crippen MR) is 71.7 cm³/mol. The molecular formula is C12H20ClNO4. The molecule has 0 aliphatic rings. The second kappa shape index (κ2) is 7.31. The molecule has 0 aliphatic carbocycles. The number of phenolic OH excluding ortho intramolecular Hbond substituents is 1. The van der Waals surface area contributed by atoms with Crippen LogP contribution in [-0.4, -0.2) is 30.5 Å². The zero-order chi connectivity index (χ0) is 13.0. The minimum Gasteiger partial charge on any atom is -0.507 e. The maximum atomic E-state index is 9.90. The largest absolute Gasteiger partial charge is 0.507 e. The van der Waals surface area contributed by atoms with E-state index in [1.807, 2.05) is 6.92 Å². The number of aromatic hydroxyl groups is 1. The Morgan fingerprint density at radius 2 is 1.89 bits per heavy atom. The summed E-state index contributed by atoms with van der Waals surface area (Å²) >= 11 is 0. The van der Waals surface area contributed by atoms with Crippen LogP contribution in [0.15, 0.2) is 12.1 Å². The Hall–Kier alpha value is -1.17. The molecule has 0 unspecified atom stereocenters. The first-order valence-corrected chi connectivity index (χ1v) is 5.43. The average molecular weight is 278 g/mol. The van der Waals surface area contributed by atoms with Crippen molar-refractivity contribution in [1.82, 2.24) is 0 Å². The highest BCUT2D eigenvalue weighted by Gasteiger charge is 2.23. The van der Waals surface area contributed by atoms with Gasteiger partial charge in [-0.15, -0.1) is 12.4 Å². The first-order valence-electron chi connectivity index (χ1n) is 5.43. The topological polar surface area (TPSA) is 84.9 Å². The molecule has 0 aliphatic heterocycles. The summed E-state index contributed by atoms with van der Waals surface area (Å²) in [5.74, 6) is 0.837. The van der Waals surface area contributed by atoms with Gasteiger partial charge < -0.3 is 25.4 Å². The van der Waals surface area contributed by atoms with Crippen molar-refractivity contribution in [2.75, 3.05) is 14.2 Å². The van der Waals surface area contributed by atoms with Crippen molar-refractivity contribution >= 4 is 12.4 Å². The van der Waals surface area contributed by atoms with Crippen molar-refractivity contribution in [3.8, 4) is 17.2 Å². The van der Waals surface area contributed by atoms with Crippen LogP contribution in [0.3, 0.4) is 0 Å². The molecule has 1 aromatic carbocycles. The van der Waals surface area contributed by atoms with Crippen molar-refractivity contribution in [3.63, 3.8) is 0 Å². The number of benzene rings is 1. The molecule has 4 N–H and O–H groups in total. The number of nitrogens with two attached hydrogens (primary N) is 1. The third-order valence-electron chi connectivity index (χ3n) is 2.72. The van der Waals surface area contributed by atoms with Gasteiger partial charge in [0.05, 0.1) is 31.9 Å². The molecule has 0 amide bonds. The summed E-state index contributed by atoms with van der Waals surface area (Å²) in [4.78, 5) is 0. The third kappa shape index (κ3) is 3.41. The van der Waals surface area contributed by atoms with E-state index < -0.39 is 12.1 Å². The normalized spacial score (nSPS) is 13.4. The van der Waals surface area contributed by atoms with E-state index in [0.29, 0.717) is 23.5 Å². The summed E-state index contributed by atoms with van der Waals surface area (Å²) in [6.07, 6.45) is -0.237. The van der Waals surface area contributed by atoms with E-state index in [2.05, 4.69) is 0 Å². The number of rotatable bonds is 5. The summed E-state index contributed by atoms with van der Waals surface area (Å²) in [7, 11) is 2.97. The molecule has 1 rings (SSSR count). The first-order chi connectivity index (χ1) is 8.04. The summed E-state index contributed by atoms with van der Waals surface area (Å²) in [6.45, 7) is 1.82. The second-order valence-corrected chi connectivity index (χ2v) is 3.76. The highest BCUT2D eigenvalue weighted by Crippen LogP contribution is 2.38. The van der Waals surface area contributed by atoms with Crippen molar-refractivity contribution in [2.24, 2.45) is 5.73 Å². The number of hydrogen-bond donors (Lipinski definition) is 3. The van der Waals surface area contributed by atoms with Gasteiger partial charge in [0.2, 0.25) is 0 Å². The van der Waals surface area contributed by atoms with Gasteiger partial charge in [0, 0.05) is 12.1 Å². The molecule has 0 saturated carbocycles. The maximum Gasteiger partial charge on any atom is 0.131 e. The molecular weight excluding hydrogens is 258 g/mol. The lowest BCUT2D eigenvalue weighted by Crippen LogP contribution is -2.26. The minimum atomic E-state index is -0.733. The van der Waals surface area contributed by atoms with Crippen LogP contribution in [0.25, 0.3) is 0 Å². The van der Waals surface area contributed by atoms with Crippen molar-refractivity contribution < 1.29 is 19.7 Å². The summed E-state index contributed by atoms with van der Waals surface area (Å²) in [6, 6.07) is 2.37. The van der Waals surface area contributed by atoms with Gasteiger partial charge in [-0.05, 0) is 6.42 Å². The maximum absolute atomic E-state index is 9.90. The van der Waals surface area contributed by atoms with Crippen LogP contribution >= 0.6 is 12.4 Å². The van der Waals surface area contributed by atoms with E-state index in [0.717, 1.165) is 0 Å². The highest BCUT2D eigenvalue weighted by molar-refractivity contribution is 5.85. The lowest BCUT2D eigenvalue weighted by Gasteiger charge is -2.21. The first kappa shape index (κ1) is 16.8. The lowest BCUT2D eigenvalue weighted by atomic mass is 9.98. The van der Waals surface area contributed by atoms with Crippen LogP contribution in [0.2, 0.25) is 0 Å². The van der Waals surface area contributed by atoms with E-state index in [9.17, 15) is 10.2 Å². The molecule has 1 aromatic rings. The molecule has 0 radical (unpaired) electrons. The van der Waals surface area contributed by atoms with Gasteiger partial charge in [-0.2, -0.15) is 0 Å². The van der Waals surface area contributed by atoms with Crippen molar-refractivity contribution in [2.45, 2.75) is 25.5 Å². The predicted octanol–water partition coefficient (Wildman–Crippen LogP) is 1.60. The van der Waals surface area contributed by atoms with Gasteiger partial charge in [-0.1, -0.05) is 6.92 Å². The van der Waals surface area contributed by atoms with E-state index in [-0.39, 0.29) is 18.2 Å². The molecule has 0 bridgehead atoms. The number of methoxy groups -OCH3 is 2. The fourth-order valence-electron chi connectivity index (χ4n) is 1.66. The number of phenols is 1. The monoisotopic (exact) mass is 277 g/mol. The van der Waals surface area contributed by atoms with Crippen LogP contribution < -0.4 is 15.2 Å². The smallest absolute Gasteiger partial charge is 0.131 e. The molecule has 0 heterocycles. The van der Waals surface area contributed by atoms with Gasteiger partial charge >= 0.3 is 0 Å². The molecule has 0 spiro atoms. The summed E-state index contributed by atoms with van der Waals surface area (Å²) < 4.78 is 10.2. The van der Waals surface area contributed by atoms with Gasteiger partial charge in [0.25, 0.3) is 0 Å². The van der Waals surface area contributed by atoms with Crippen molar-refractivity contribution in [1.29, 1.82) is 0 Å². The fourth-order valence-corrected chi connectivity index (χ4v) is 1.66. The molecule has 18 heavy (non-hydrogen) atoms. The number of halogens is 1.